The lowest BCUT2D eigenvalue weighted by atomic mass is 10.2. The molecule has 3 heterocycles. The number of rotatable bonds is 2. The van der Waals surface area contributed by atoms with Crippen molar-refractivity contribution in [2.45, 2.75) is 0 Å². The number of hydrogen-bond donors (Lipinski definition) is 1. The van der Waals surface area contributed by atoms with Gasteiger partial charge in [-0.15, -0.1) is 0 Å². The molecule has 1 aliphatic heterocycles. The quantitative estimate of drug-likeness (QED) is 0.863. The summed E-state index contributed by atoms with van der Waals surface area (Å²) in [6, 6.07) is 5.86. The maximum atomic E-state index is 9.09. The molecule has 0 unspecified atom stereocenters. The Hall–Kier alpha value is -2.88. The summed E-state index contributed by atoms with van der Waals surface area (Å²) in [6.45, 7) is 3.19. The second-order valence-corrected chi connectivity index (χ2v) is 4.76. The van der Waals surface area contributed by atoms with Gasteiger partial charge in [0.2, 0.25) is 0 Å². The van der Waals surface area contributed by atoms with Gasteiger partial charge in [-0.05, 0) is 12.1 Å². The first-order chi connectivity index (χ1) is 10.3. The van der Waals surface area contributed by atoms with Crippen molar-refractivity contribution in [1.29, 1.82) is 5.26 Å². The number of nitrogens with two attached hydrogens (primary N) is 1. The average molecular weight is 281 g/mol. The van der Waals surface area contributed by atoms with E-state index in [1.807, 2.05) is 12.1 Å². The predicted octanol–water partition coefficient (Wildman–Crippen LogP) is 0.652. The van der Waals surface area contributed by atoms with Gasteiger partial charge < -0.3 is 15.5 Å². The number of nitriles is 1. The molecule has 7 nitrogen and oxygen atoms in total. The fourth-order valence-corrected chi connectivity index (χ4v) is 2.37. The summed E-state index contributed by atoms with van der Waals surface area (Å²) >= 11 is 0. The molecule has 21 heavy (non-hydrogen) atoms. The molecule has 0 saturated carbocycles. The summed E-state index contributed by atoms with van der Waals surface area (Å²) in [6.07, 6.45) is 4.82. The maximum Gasteiger partial charge on any atom is 0.183 e. The highest BCUT2D eigenvalue weighted by atomic mass is 15.3. The molecule has 0 spiro atoms. The van der Waals surface area contributed by atoms with Crippen molar-refractivity contribution in [3.8, 4) is 6.07 Å². The maximum absolute atomic E-state index is 9.09. The minimum atomic E-state index is 0.372. The van der Waals surface area contributed by atoms with Gasteiger partial charge >= 0.3 is 0 Å². The van der Waals surface area contributed by atoms with E-state index in [2.05, 4.69) is 30.8 Å². The van der Waals surface area contributed by atoms with E-state index >= 15 is 0 Å². The van der Waals surface area contributed by atoms with E-state index in [4.69, 9.17) is 11.0 Å². The Morgan fingerprint density at radius 3 is 2.38 bits per heavy atom. The smallest absolute Gasteiger partial charge is 0.183 e. The van der Waals surface area contributed by atoms with E-state index in [9.17, 15) is 0 Å². The molecule has 0 radical (unpaired) electrons. The van der Waals surface area contributed by atoms with Crippen LogP contribution in [0.2, 0.25) is 0 Å². The molecular formula is C14H15N7. The summed E-state index contributed by atoms with van der Waals surface area (Å²) in [7, 11) is 0. The Morgan fingerprint density at radius 2 is 1.71 bits per heavy atom. The topological polar surface area (TPSA) is 95.0 Å². The molecule has 7 heteroatoms. The molecule has 1 fully saturated rings. The lowest BCUT2D eigenvalue weighted by Gasteiger charge is -2.36. The van der Waals surface area contributed by atoms with Crippen LogP contribution in [-0.2, 0) is 0 Å². The number of piperazine rings is 1. The van der Waals surface area contributed by atoms with Crippen LogP contribution in [0.25, 0.3) is 0 Å². The molecule has 106 valence electrons. The first kappa shape index (κ1) is 13.1. The number of aromatic nitrogens is 3. The lowest BCUT2D eigenvalue weighted by molar-refractivity contribution is 0.640. The number of hydrogen-bond acceptors (Lipinski definition) is 7. The van der Waals surface area contributed by atoms with Gasteiger partial charge in [-0.2, -0.15) is 5.26 Å². The molecule has 2 aromatic heterocycles. The third-order valence-electron chi connectivity index (χ3n) is 3.46. The molecule has 2 aromatic rings. The average Bonchev–Trinajstić information content (AvgIpc) is 2.56. The second-order valence-electron chi connectivity index (χ2n) is 4.76. The van der Waals surface area contributed by atoms with Crippen molar-refractivity contribution in [2.24, 2.45) is 0 Å². The minimum absolute atomic E-state index is 0.372. The third kappa shape index (κ3) is 2.69. The first-order valence-corrected chi connectivity index (χ1v) is 6.70. The van der Waals surface area contributed by atoms with Crippen LogP contribution in [-0.4, -0.2) is 41.1 Å². The van der Waals surface area contributed by atoms with Gasteiger partial charge in [0.05, 0.1) is 11.9 Å². The van der Waals surface area contributed by atoms with Crippen LogP contribution in [0.3, 0.4) is 0 Å². The van der Waals surface area contributed by atoms with E-state index in [1.165, 1.54) is 6.20 Å². The fourth-order valence-electron chi connectivity index (χ4n) is 2.37. The second kappa shape index (κ2) is 5.63. The van der Waals surface area contributed by atoms with Crippen molar-refractivity contribution in [1.82, 2.24) is 15.0 Å². The van der Waals surface area contributed by atoms with E-state index in [0.717, 1.165) is 32.0 Å². The Labute approximate surface area is 122 Å². The SMILES string of the molecule is N#Cc1nccnc1N1CCN(c2ccc(N)cn2)CC1. The molecule has 2 N–H and O–H groups in total. The number of pyridine rings is 1. The molecule has 0 aromatic carbocycles. The first-order valence-electron chi connectivity index (χ1n) is 6.70. The number of anilines is 3. The largest absolute Gasteiger partial charge is 0.397 e. The van der Waals surface area contributed by atoms with Gasteiger partial charge in [-0.1, -0.05) is 0 Å². The Balaban J connectivity index is 1.70. The van der Waals surface area contributed by atoms with Crippen LogP contribution in [0, 0.1) is 11.3 Å². The Kier molecular flexibility index (Phi) is 3.51. The lowest BCUT2D eigenvalue weighted by Crippen LogP contribution is -2.47. The summed E-state index contributed by atoms with van der Waals surface area (Å²) < 4.78 is 0. The molecule has 0 amide bonds. The van der Waals surface area contributed by atoms with Crippen molar-refractivity contribution in [2.75, 3.05) is 41.7 Å². The minimum Gasteiger partial charge on any atom is -0.397 e. The van der Waals surface area contributed by atoms with Crippen LogP contribution in [0.15, 0.2) is 30.7 Å². The monoisotopic (exact) mass is 281 g/mol. The highest BCUT2D eigenvalue weighted by molar-refractivity contribution is 5.52. The Bertz CT molecular complexity index is 654. The van der Waals surface area contributed by atoms with Crippen molar-refractivity contribution in [3.05, 3.63) is 36.4 Å². The summed E-state index contributed by atoms with van der Waals surface area (Å²) in [5.74, 6) is 1.58. The summed E-state index contributed by atoms with van der Waals surface area (Å²) in [5.41, 5.74) is 6.69. The molecule has 0 atom stereocenters. The van der Waals surface area contributed by atoms with Gasteiger partial charge in [-0.25, -0.2) is 15.0 Å². The summed E-state index contributed by atoms with van der Waals surface area (Å²) in [5, 5.41) is 9.09. The summed E-state index contributed by atoms with van der Waals surface area (Å²) in [4.78, 5) is 16.9. The van der Waals surface area contributed by atoms with E-state index in [-0.39, 0.29) is 0 Å². The van der Waals surface area contributed by atoms with Gasteiger partial charge in [-0.3, -0.25) is 0 Å². The zero-order chi connectivity index (χ0) is 14.7. The predicted molar refractivity (Wildman–Crippen MR) is 79.8 cm³/mol. The Morgan fingerprint density at radius 1 is 1.00 bits per heavy atom. The van der Waals surface area contributed by atoms with Crippen molar-refractivity contribution in [3.63, 3.8) is 0 Å². The van der Waals surface area contributed by atoms with Crippen LogP contribution < -0.4 is 15.5 Å². The zero-order valence-electron chi connectivity index (χ0n) is 11.5. The van der Waals surface area contributed by atoms with Crippen molar-refractivity contribution < 1.29 is 0 Å². The highest BCUT2D eigenvalue weighted by Gasteiger charge is 2.21. The number of nitrogen functional groups attached to an aromatic ring is 1. The van der Waals surface area contributed by atoms with Crippen LogP contribution >= 0.6 is 0 Å². The third-order valence-corrected chi connectivity index (χ3v) is 3.46. The van der Waals surface area contributed by atoms with E-state index in [0.29, 0.717) is 17.2 Å². The fraction of sp³-hybridized carbons (Fsp3) is 0.286. The van der Waals surface area contributed by atoms with Gasteiger partial charge in [0, 0.05) is 38.6 Å². The van der Waals surface area contributed by atoms with Crippen molar-refractivity contribution >= 4 is 17.3 Å². The van der Waals surface area contributed by atoms with Crippen LogP contribution in [0.4, 0.5) is 17.3 Å². The molecule has 1 saturated heterocycles. The van der Waals surface area contributed by atoms with Gasteiger partial charge in [0.15, 0.2) is 11.5 Å². The molecular weight excluding hydrogens is 266 g/mol. The normalized spacial score (nSPS) is 14.8. The standard InChI is InChI=1S/C14H15N7/c15-9-12-14(18-4-3-17-12)21-7-5-20(6-8-21)13-2-1-11(16)10-19-13/h1-4,10H,5-8,16H2. The molecule has 1 aliphatic rings. The molecule has 0 aliphatic carbocycles. The van der Waals surface area contributed by atoms with Gasteiger partial charge in [0.1, 0.15) is 11.9 Å². The van der Waals surface area contributed by atoms with Crippen LogP contribution in [0.5, 0.6) is 0 Å². The van der Waals surface area contributed by atoms with E-state index in [1.54, 1.807) is 12.4 Å². The highest BCUT2D eigenvalue weighted by Crippen LogP contribution is 2.19. The zero-order valence-corrected chi connectivity index (χ0v) is 11.5. The number of nitrogens with zero attached hydrogens (tertiary/aromatic N) is 6. The van der Waals surface area contributed by atoms with Crippen LogP contribution in [0.1, 0.15) is 5.69 Å². The van der Waals surface area contributed by atoms with Gasteiger partial charge in [0.25, 0.3) is 0 Å². The molecule has 0 bridgehead atoms. The molecule has 3 rings (SSSR count). The van der Waals surface area contributed by atoms with E-state index < -0.39 is 0 Å².